The number of aliphatic imine (C=N–C) groups is 1. The number of amides is 1. The van der Waals surface area contributed by atoms with E-state index in [2.05, 4.69) is 31.8 Å². The number of hydrogen-bond acceptors (Lipinski definition) is 5. The minimum Gasteiger partial charge on any atom is -0.493 e. The summed E-state index contributed by atoms with van der Waals surface area (Å²) in [5, 5.41) is 11.3. The Kier molecular flexibility index (Phi) is 5.64. The number of benzene rings is 1. The second-order valence-corrected chi connectivity index (χ2v) is 7.56. The van der Waals surface area contributed by atoms with Crippen LogP contribution in [0.15, 0.2) is 35.6 Å². The lowest BCUT2D eigenvalue weighted by Crippen LogP contribution is -2.49. The van der Waals surface area contributed by atoms with E-state index in [0.29, 0.717) is 12.6 Å². The summed E-state index contributed by atoms with van der Waals surface area (Å²) in [6, 6.07) is 8.27. The molecular formula is C20H27N7O2. The molecular weight excluding hydrogens is 370 g/mol. The predicted octanol–water partition coefficient (Wildman–Crippen LogP) is 0.740. The molecule has 0 radical (unpaired) electrons. The molecule has 1 aromatic heterocycles. The molecule has 1 aromatic carbocycles. The quantitative estimate of drug-likeness (QED) is 0.584. The van der Waals surface area contributed by atoms with Crippen LogP contribution in [0.4, 0.5) is 0 Å². The van der Waals surface area contributed by atoms with E-state index >= 15 is 0 Å². The van der Waals surface area contributed by atoms with Gasteiger partial charge in [-0.3, -0.25) is 4.79 Å². The molecule has 3 heterocycles. The Bertz CT molecular complexity index is 892. The maximum Gasteiger partial charge on any atom is 0.243 e. The molecule has 2 atom stereocenters. The van der Waals surface area contributed by atoms with Crippen molar-refractivity contribution in [3.05, 3.63) is 42.0 Å². The summed E-state index contributed by atoms with van der Waals surface area (Å²) in [7, 11) is 3.47. The number of rotatable bonds is 4. The van der Waals surface area contributed by atoms with Crippen molar-refractivity contribution < 1.29 is 9.53 Å². The number of fused-ring (bicyclic) bond motifs is 2. The van der Waals surface area contributed by atoms with Crippen molar-refractivity contribution in [3.63, 3.8) is 0 Å². The molecule has 29 heavy (non-hydrogen) atoms. The first-order valence-corrected chi connectivity index (χ1v) is 9.96. The summed E-state index contributed by atoms with van der Waals surface area (Å²) in [5.74, 6) is 2.50. The van der Waals surface area contributed by atoms with Gasteiger partial charge in [0.2, 0.25) is 5.91 Å². The molecule has 0 spiro atoms. The van der Waals surface area contributed by atoms with Crippen molar-refractivity contribution in [2.45, 2.75) is 37.9 Å². The zero-order chi connectivity index (χ0) is 20.2. The smallest absolute Gasteiger partial charge is 0.243 e. The van der Waals surface area contributed by atoms with Gasteiger partial charge in [-0.25, -0.2) is 14.7 Å². The first-order valence-electron chi connectivity index (χ1n) is 9.96. The van der Waals surface area contributed by atoms with Gasteiger partial charge in [0.25, 0.3) is 0 Å². The van der Waals surface area contributed by atoms with Crippen LogP contribution in [0.5, 0.6) is 5.75 Å². The molecule has 2 aliphatic rings. The lowest BCUT2D eigenvalue weighted by Gasteiger charge is -2.30. The summed E-state index contributed by atoms with van der Waals surface area (Å²) in [6.07, 6.45) is 4.23. The third-order valence-electron chi connectivity index (χ3n) is 5.29. The van der Waals surface area contributed by atoms with Crippen molar-refractivity contribution in [3.8, 4) is 5.75 Å². The van der Waals surface area contributed by atoms with Gasteiger partial charge in [-0.15, -0.1) is 0 Å². The highest BCUT2D eigenvalue weighted by molar-refractivity contribution is 5.85. The molecule has 0 saturated carbocycles. The molecule has 0 fully saturated rings. The number of nitrogens with zero attached hydrogens (tertiary/aromatic N) is 5. The normalized spacial score (nSPS) is 20.8. The monoisotopic (exact) mass is 397 g/mol. The van der Waals surface area contributed by atoms with Crippen LogP contribution in [0.1, 0.15) is 30.3 Å². The molecule has 0 saturated heterocycles. The number of ether oxygens (including phenoxy) is 1. The van der Waals surface area contributed by atoms with Gasteiger partial charge in [-0.05, 0) is 12.5 Å². The van der Waals surface area contributed by atoms with Crippen LogP contribution in [0.25, 0.3) is 0 Å². The van der Waals surface area contributed by atoms with Crippen LogP contribution in [-0.2, 0) is 17.8 Å². The average molecular weight is 397 g/mol. The number of aromatic nitrogens is 3. The van der Waals surface area contributed by atoms with E-state index in [1.54, 1.807) is 25.3 Å². The lowest BCUT2D eigenvalue weighted by molar-refractivity contribution is -0.127. The van der Waals surface area contributed by atoms with Crippen LogP contribution in [0.2, 0.25) is 0 Å². The van der Waals surface area contributed by atoms with Gasteiger partial charge < -0.3 is 20.3 Å². The number of para-hydroxylation sites is 1. The molecule has 2 aliphatic heterocycles. The third kappa shape index (κ3) is 4.49. The topological polar surface area (TPSA) is 96.7 Å². The predicted molar refractivity (Wildman–Crippen MR) is 109 cm³/mol. The maximum atomic E-state index is 12.1. The van der Waals surface area contributed by atoms with Crippen LogP contribution in [0.3, 0.4) is 0 Å². The molecule has 2 N–H and O–H groups in total. The highest BCUT2D eigenvalue weighted by Crippen LogP contribution is 2.31. The van der Waals surface area contributed by atoms with Gasteiger partial charge in [0, 0.05) is 38.5 Å². The van der Waals surface area contributed by atoms with E-state index in [9.17, 15) is 4.79 Å². The minimum atomic E-state index is -0.0410. The number of carbonyl (C=O) groups is 1. The SMILES string of the molecule is CN(C)C(=O)CN=C(NC1CCc2ncnn2C1)NC1CCOc2ccccc21. The van der Waals surface area contributed by atoms with Crippen molar-refractivity contribution in [2.75, 3.05) is 27.2 Å². The summed E-state index contributed by atoms with van der Waals surface area (Å²) in [5.41, 5.74) is 1.11. The van der Waals surface area contributed by atoms with Crippen molar-refractivity contribution in [1.82, 2.24) is 30.3 Å². The molecule has 2 aromatic rings. The molecule has 9 nitrogen and oxygen atoms in total. The van der Waals surface area contributed by atoms with Crippen LogP contribution in [-0.4, -0.2) is 64.8 Å². The summed E-state index contributed by atoms with van der Waals surface area (Å²) in [4.78, 5) is 22.5. The van der Waals surface area contributed by atoms with E-state index in [0.717, 1.165) is 42.9 Å². The zero-order valence-corrected chi connectivity index (χ0v) is 16.8. The standard InChI is InChI=1S/C20H27N7O2/c1-26(2)19(28)11-21-20(24-14-7-8-18-22-13-23-27(18)12-14)25-16-9-10-29-17-6-4-3-5-15(16)17/h3-6,13-14,16H,7-12H2,1-2H3,(H2,21,24,25). The van der Waals surface area contributed by atoms with E-state index < -0.39 is 0 Å². The van der Waals surface area contributed by atoms with Gasteiger partial charge in [0.1, 0.15) is 24.4 Å². The van der Waals surface area contributed by atoms with Gasteiger partial charge in [-0.2, -0.15) is 5.10 Å². The number of guanidine groups is 1. The molecule has 1 amide bonds. The molecule has 0 aliphatic carbocycles. The average Bonchev–Trinajstić information content (AvgIpc) is 3.20. The minimum absolute atomic E-state index is 0.0410. The van der Waals surface area contributed by atoms with Crippen LogP contribution >= 0.6 is 0 Å². The maximum absolute atomic E-state index is 12.1. The molecule has 2 unspecified atom stereocenters. The Balaban J connectivity index is 1.50. The Labute approximate surface area is 170 Å². The zero-order valence-electron chi connectivity index (χ0n) is 16.8. The lowest BCUT2D eigenvalue weighted by atomic mass is 10.0. The second kappa shape index (κ2) is 8.50. The largest absolute Gasteiger partial charge is 0.493 e. The number of hydrogen-bond donors (Lipinski definition) is 2. The van der Waals surface area contributed by atoms with Gasteiger partial charge in [0.05, 0.1) is 19.2 Å². The van der Waals surface area contributed by atoms with Gasteiger partial charge in [0.15, 0.2) is 5.96 Å². The highest BCUT2D eigenvalue weighted by Gasteiger charge is 2.25. The summed E-state index contributed by atoms with van der Waals surface area (Å²) >= 11 is 0. The fourth-order valence-electron chi connectivity index (χ4n) is 3.63. The second-order valence-electron chi connectivity index (χ2n) is 7.56. The van der Waals surface area contributed by atoms with E-state index in [-0.39, 0.29) is 24.5 Å². The Morgan fingerprint density at radius 2 is 2.17 bits per heavy atom. The van der Waals surface area contributed by atoms with E-state index in [1.807, 2.05) is 22.9 Å². The molecule has 154 valence electrons. The number of aryl methyl sites for hydroxylation is 1. The fourth-order valence-corrected chi connectivity index (χ4v) is 3.63. The Morgan fingerprint density at radius 3 is 3.03 bits per heavy atom. The summed E-state index contributed by atoms with van der Waals surface area (Å²) < 4.78 is 7.69. The molecule has 0 bridgehead atoms. The van der Waals surface area contributed by atoms with Gasteiger partial charge >= 0.3 is 0 Å². The van der Waals surface area contributed by atoms with E-state index in [1.165, 1.54) is 0 Å². The highest BCUT2D eigenvalue weighted by atomic mass is 16.5. The van der Waals surface area contributed by atoms with Crippen molar-refractivity contribution >= 4 is 11.9 Å². The fraction of sp³-hybridized carbons (Fsp3) is 0.500. The number of likely N-dealkylation sites (N-methyl/N-ethyl adjacent to an activating group) is 1. The van der Waals surface area contributed by atoms with E-state index in [4.69, 9.17) is 4.74 Å². The third-order valence-corrected chi connectivity index (χ3v) is 5.29. The van der Waals surface area contributed by atoms with Crippen LogP contribution in [0, 0.1) is 0 Å². The van der Waals surface area contributed by atoms with Gasteiger partial charge in [-0.1, -0.05) is 18.2 Å². The van der Waals surface area contributed by atoms with Crippen LogP contribution < -0.4 is 15.4 Å². The first kappa shape index (κ1) is 19.2. The Hall–Kier alpha value is -3.10. The molecule has 4 rings (SSSR count). The van der Waals surface area contributed by atoms with Crippen molar-refractivity contribution in [1.29, 1.82) is 0 Å². The summed E-state index contributed by atoms with van der Waals surface area (Å²) in [6.45, 7) is 1.46. The first-order chi connectivity index (χ1) is 14.1. The number of nitrogens with one attached hydrogen (secondary N) is 2. The number of carbonyl (C=O) groups excluding carboxylic acids is 1. The molecule has 9 heteroatoms. The Morgan fingerprint density at radius 1 is 1.31 bits per heavy atom. The van der Waals surface area contributed by atoms with Crippen molar-refractivity contribution in [2.24, 2.45) is 4.99 Å².